The number of benzene rings is 1. The van der Waals surface area contributed by atoms with Crippen LogP contribution in [0.15, 0.2) is 30.5 Å². The Kier molecular flexibility index (Phi) is 6.18. The minimum atomic E-state index is -5.23. The number of alkyl halides is 3. The largest absolute Gasteiger partial charge is 0.512 e. The first-order chi connectivity index (χ1) is 15.0. The van der Waals surface area contributed by atoms with Crippen molar-refractivity contribution in [3.8, 4) is 11.6 Å². The molecule has 0 saturated carbocycles. The lowest BCUT2D eigenvalue weighted by atomic mass is 10.2. The van der Waals surface area contributed by atoms with Crippen molar-refractivity contribution in [2.75, 3.05) is 0 Å². The Labute approximate surface area is 175 Å². The number of halogens is 5. The Hall–Kier alpha value is -3.90. The van der Waals surface area contributed by atoms with Gasteiger partial charge in [0, 0.05) is 11.8 Å². The molecule has 3 aromatic rings. The first kappa shape index (κ1) is 22.8. The molecule has 0 aliphatic carbocycles. The summed E-state index contributed by atoms with van der Waals surface area (Å²) in [7, 11) is 0. The molecule has 0 aliphatic rings. The molecule has 32 heavy (non-hydrogen) atoms. The molecule has 13 heteroatoms. The average molecular weight is 460 g/mol. The van der Waals surface area contributed by atoms with Crippen molar-refractivity contribution in [3.63, 3.8) is 0 Å². The Balaban J connectivity index is 2.00. The van der Waals surface area contributed by atoms with Gasteiger partial charge in [0.2, 0.25) is 5.88 Å². The number of pyridine rings is 1. The molecule has 1 N–H and O–H groups in total. The van der Waals surface area contributed by atoms with Crippen LogP contribution in [-0.4, -0.2) is 32.8 Å². The van der Waals surface area contributed by atoms with E-state index in [9.17, 15) is 31.5 Å². The molecule has 8 nitrogen and oxygen atoms in total. The van der Waals surface area contributed by atoms with E-state index in [0.717, 1.165) is 34.9 Å². The van der Waals surface area contributed by atoms with Crippen molar-refractivity contribution in [3.05, 3.63) is 58.9 Å². The maximum Gasteiger partial charge on any atom is 0.512 e. The Bertz CT molecular complexity index is 1170. The third kappa shape index (κ3) is 4.87. The molecule has 0 spiro atoms. The second kappa shape index (κ2) is 8.69. The molecule has 1 aromatic carbocycles. The second-order valence-electron chi connectivity index (χ2n) is 6.34. The van der Waals surface area contributed by atoms with Crippen LogP contribution in [0.4, 0.5) is 26.7 Å². The van der Waals surface area contributed by atoms with E-state index < -0.39 is 48.7 Å². The number of carbonyl (C=O) groups is 2. The Morgan fingerprint density at radius 3 is 2.41 bits per heavy atom. The van der Waals surface area contributed by atoms with Gasteiger partial charge in [-0.15, -0.1) is 0 Å². The SMILES string of the molecule is Cc1nc2c(OCc3c(F)cccc3F)cc(COC(=O)C(F)(F)F)cn2c1OC(=O)O. The first-order valence-corrected chi connectivity index (χ1v) is 8.69. The monoisotopic (exact) mass is 460 g/mol. The van der Waals surface area contributed by atoms with E-state index in [4.69, 9.17) is 9.84 Å². The number of carboxylic acid groups (broad SMARTS) is 1. The predicted molar refractivity (Wildman–Crippen MR) is 95.1 cm³/mol. The maximum absolute atomic E-state index is 13.9. The number of imidazole rings is 1. The van der Waals surface area contributed by atoms with Gasteiger partial charge >= 0.3 is 18.3 Å². The molecule has 0 radical (unpaired) electrons. The fourth-order valence-electron chi connectivity index (χ4n) is 2.70. The molecule has 0 fully saturated rings. The van der Waals surface area contributed by atoms with E-state index in [0.29, 0.717) is 0 Å². The molecule has 2 aromatic heterocycles. The number of aryl methyl sites for hydroxylation is 1. The van der Waals surface area contributed by atoms with Gasteiger partial charge < -0.3 is 19.3 Å². The van der Waals surface area contributed by atoms with Crippen LogP contribution in [0.5, 0.6) is 11.6 Å². The summed E-state index contributed by atoms with van der Waals surface area (Å²) < 4.78 is 80.3. The number of rotatable bonds is 6. The van der Waals surface area contributed by atoms with E-state index in [2.05, 4.69) is 14.5 Å². The molecular weight excluding hydrogens is 447 g/mol. The topological polar surface area (TPSA) is 99.4 Å². The molecule has 0 amide bonds. The van der Waals surface area contributed by atoms with Gasteiger partial charge in [-0.1, -0.05) is 6.07 Å². The van der Waals surface area contributed by atoms with E-state index in [-0.39, 0.29) is 28.5 Å². The molecule has 0 saturated heterocycles. The highest BCUT2D eigenvalue weighted by molar-refractivity contribution is 5.75. The van der Waals surface area contributed by atoms with E-state index in [1.807, 2.05) is 0 Å². The zero-order chi connectivity index (χ0) is 23.6. The van der Waals surface area contributed by atoms with Crippen LogP contribution in [-0.2, 0) is 22.7 Å². The van der Waals surface area contributed by atoms with Gasteiger partial charge in [-0.2, -0.15) is 13.2 Å². The van der Waals surface area contributed by atoms with Crippen LogP contribution in [0.3, 0.4) is 0 Å². The number of ether oxygens (including phenoxy) is 3. The number of carbonyl (C=O) groups excluding carboxylic acids is 1. The average Bonchev–Trinajstić information content (AvgIpc) is 3.00. The van der Waals surface area contributed by atoms with Crippen molar-refractivity contribution in [1.29, 1.82) is 0 Å². The molecule has 0 aliphatic heterocycles. The molecule has 0 bridgehead atoms. The number of nitrogens with zero attached hydrogens (tertiary/aromatic N) is 2. The zero-order valence-electron chi connectivity index (χ0n) is 16.1. The lowest BCUT2D eigenvalue weighted by Crippen LogP contribution is -2.25. The van der Waals surface area contributed by atoms with Gasteiger partial charge in [0.1, 0.15) is 30.5 Å². The molecule has 170 valence electrons. The van der Waals surface area contributed by atoms with E-state index in [1.54, 1.807) is 0 Å². The predicted octanol–water partition coefficient (Wildman–Crippen LogP) is 4.16. The highest BCUT2D eigenvalue weighted by Crippen LogP contribution is 2.30. The van der Waals surface area contributed by atoms with Crippen LogP contribution in [0, 0.1) is 18.6 Å². The molecule has 3 rings (SSSR count). The number of esters is 1. The Morgan fingerprint density at radius 1 is 1.16 bits per heavy atom. The third-order valence-corrected chi connectivity index (χ3v) is 4.08. The van der Waals surface area contributed by atoms with Crippen molar-refractivity contribution in [1.82, 2.24) is 9.38 Å². The smallest absolute Gasteiger partial charge is 0.485 e. The van der Waals surface area contributed by atoms with E-state index in [1.165, 1.54) is 6.92 Å². The van der Waals surface area contributed by atoms with Crippen molar-refractivity contribution < 1.29 is 50.9 Å². The normalized spacial score (nSPS) is 11.4. The minimum absolute atomic E-state index is 0.0543. The van der Waals surface area contributed by atoms with Crippen LogP contribution < -0.4 is 9.47 Å². The first-order valence-electron chi connectivity index (χ1n) is 8.69. The quantitative estimate of drug-likeness (QED) is 0.436. The summed E-state index contributed by atoms with van der Waals surface area (Å²) in [4.78, 5) is 26.0. The summed E-state index contributed by atoms with van der Waals surface area (Å²) in [5.41, 5.74) is -0.489. The van der Waals surface area contributed by atoms with Gasteiger partial charge in [-0.05, 0) is 25.1 Å². The number of fused-ring (bicyclic) bond motifs is 1. The zero-order valence-corrected chi connectivity index (χ0v) is 16.1. The van der Waals surface area contributed by atoms with Crippen LogP contribution in [0.2, 0.25) is 0 Å². The second-order valence-corrected chi connectivity index (χ2v) is 6.34. The standard InChI is InChI=1S/C19H13F5N2O6/c1-9-16(32-18(28)29)26-6-10(7-31-17(27)19(22,23)24)5-14(15(26)25-9)30-8-11-12(20)3-2-4-13(11)21/h2-6H,7-8H2,1H3,(H,28,29). The molecule has 0 atom stereocenters. The highest BCUT2D eigenvalue weighted by Gasteiger charge is 2.41. The fourth-order valence-corrected chi connectivity index (χ4v) is 2.70. The summed E-state index contributed by atoms with van der Waals surface area (Å²) in [5, 5.41) is 8.91. The summed E-state index contributed by atoms with van der Waals surface area (Å²) in [6.45, 7) is -0.113. The van der Waals surface area contributed by atoms with E-state index >= 15 is 0 Å². The van der Waals surface area contributed by atoms with Crippen molar-refractivity contribution >= 4 is 17.8 Å². The number of hydrogen-bond acceptors (Lipinski definition) is 6. The highest BCUT2D eigenvalue weighted by atomic mass is 19.4. The van der Waals surface area contributed by atoms with Gasteiger partial charge in [0.15, 0.2) is 11.4 Å². The molecular formula is C19H13F5N2O6. The summed E-state index contributed by atoms with van der Waals surface area (Å²) in [6, 6.07) is 4.29. The summed E-state index contributed by atoms with van der Waals surface area (Å²) in [5.74, 6) is -4.73. The number of aromatic nitrogens is 2. The lowest BCUT2D eigenvalue weighted by Gasteiger charge is -2.13. The maximum atomic E-state index is 13.9. The van der Waals surface area contributed by atoms with Crippen LogP contribution in [0.25, 0.3) is 5.65 Å². The lowest BCUT2D eigenvalue weighted by molar-refractivity contribution is -0.201. The summed E-state index contributed by atoms with van der Waals surface area (Å²) in [6.07, 6.45) is -5.80. The third-order valence-electron chi connectivity index (χ3n) is 4.08. The van der Waals surface area contributed by atoms with Crippen molar-refractivity contribution in [2.45, 2.75) is 26.3 Å². The minimum Gasteiger partial charge on any atom is -0.485 e. The van der Waals surface area contributed by atoms with Gasteiger partial charge in [-0.25, -0.2) is 23.4 Å². The van der Waals surface area contributed by atoms with Gasteiger partial charge in [0.05, 0.1) is 5.56 Å². The van der Waals surface area contributed by atoms with Gasteiger partial charge in [-0.3, -0.25) is 4.40 Å². The van der Waals surface area contributed by atoms with Crippen LogP contribution in [0.1, 0.15) is 16.8 Å². The Morgan fingerprint density at radius 2 is 1.81 bits per heavy atom. The summed E-state index contributed by atoms with van der Waals surface area (Å²) >= 11 is 0. The van der Waals surface area contributed by atoms with Crippen LogP contribution >= 0.6 is 0 Å². The molecule has 2 heterocycles. The van der Waals surface area contributed by atoms with Crippen molar-refractivity contribution in [2.24, 2.45) is 0 Å². The number of hydrogen-bond donors (Lipinski definition) is 1. The fraction of sp³-hybridized carbons (Fsp3) is 0.211. The molecule has 0 unspecified atom stereocenters. The van der Waals surface area contributed by atoms with Gasteiger partial charge in [0.25, 0.3) is 0 Å².